The van der Waals surface area contributed by atoms with Crippen molar-refractivity contribution in [2.75, 3.05) is 10.0 Å². The summed E-state index contributed by atoms with van der Waals surface area (Å²) >= 11 is 0. The molecule has 0 fully saturated rings. The van der Waals surface area contributed by atoms with Crippen LogP contribution in [0.3, 0.4) is 0 Å². The third-order valence-corrected chi connectivity index (χ3v) is 8.34. The number of rotatable bonds is 5. The predicted molar refractivity (Wildman–Crippen MR) is 134 cm³/mol. The van der Waals surface area contributed by atoms with Crippen LogP contribution in [0, 0.1) is 29.9 Å². The summed E-state index contributed by atoms with van der Waals surface area (Å²) in [5.41, 5.74) is 4.52. The summed E-state index contributed by atoms with van der Waals surface area (Å²) < 4.78 is 29.0. The number of fused-ring (bicyclic) bond motifs is 3. The van der Waals surface area contributed by atoms with Crippen LogP contribution in [0.1, 0.15) is 40.6 Å². The molecule has 0 amide bonds. The second kappa shape index (κ2) is 8.42. The highest BCUT2D eigenvalue weighted by Crippen LogP contribution is 2.51. The summed E-state index contributed by atoms with van der Waals surface area (Å²) in [5.74, 6) is -0.133. The Balaban J connectivity index is 1.50. The van der Waals surface area contributed by atoms with Crippen LogP contribution < -0.4 is 10.0 Å². The summed E-state index contributed by atoms with van der Waals surface area (Å²) in [6.07, 6.45) is 4.77. The lowest BCUT2D eigenvalue weighted by atomic mass is 9.77. The largest absolute Gasteiger partial charge is 0.508 e. The van der Waals surface area contributed by atoms with Crippen molar-refractivity contribution in [1.29, 1.82) is 0 Å². The number of phenols is 1. The van der Waals surface area contributed by atoms with Gasteiger partial charge in [0, 0.05) is 35.0 Å². The maximum Gasteiger partial charge on any atom is 0.270 e. The van der Waals surface area contributed by atoms with E-state index in [-0.39, 0.29) is 34.2 Å². The molecule has 0 saturated carbocycles. The lowest BCUT2D eigenvalue weighted by Gasteiger charge is -2.37. The van der Waals surface area contributed by atoms with E-state index in [0.29, 0.717) is 17.7 Å². The van der Waals surface area contributed by atoms with E-state index < -0.39 is 14.9 Å². The topological polar surface area (TPSA) is 122 Å². The number of nitrogens with one attached hydrogen (secondary N) is 2. The first kappa shape index (κ1) is 22.9. The molecule has 0 saturated heterocycles. The van der Waals surface area contributed by atoms with Gasteiger partial charge >= 0.3 is 0 Å². The van der Waals surface area contributed by atoms with Gasteiger partial charge in [0.25, 0.3) is 15.7 Å². The number of nitro groups is 1. The highest BCUT2D eigenvalue weighted by molar-refractivity contribution is 7.92. The van der Waals surface area contributed by atoms with E-state index in [9.17, 15) is 23.6 Å². The van der Waals surface area contributed by atoms with Gasteiger partial charge in [0.15, 0.2) is 0 Å². The minimum Gasteiger partial charge on any atom is -0.508 e. The van der Waals surface area contributed by atoms with Crippen molar-refractivity contribution in [3.05, 3.63) is 99.1 Å². The Morgan fingerprint density at radius 1 is 1.03 bits per heavy atom. The number of allylic oxidation sites excluding steroid dienone is 2. The van der Waals surface area contributed by atoms with Crippen molar-refractivity contribution >= 4 is 27.1 Å². The minimum absolute atomic E-state index is 0.0148. The molecule has 9 heteroatoms. The minimum atomic E-state index is -3.81. The number of aromatic hydroxyl groups is 1. The monoisotopic (exact) mass is 491 g/mol. The van der Waals surface area contributed by atoms with Gasteiger partial charge in [-0.15, -0.1) is 0 Å². The number of anilines is 2. The van der Waals surface area contributed by atoms with Crippen LogP contribution in [0.25, 0.3) is 0 Å². The Kier molecular flexibility index (Phi) is 5.52. The number of nitrogens with zero attached hydrogens (tertiary/aromatic N) is 1. The van der Waals surface area contributed by atoms with Gasteiger partial charge in [0.1, 0.15) is 5.75 Å². The molecule has 2 aliphatic rings. The number of non-ortho nitro benzene ring substituents is 1. The van der Waals surface area contributed by atoms with E-state index in [1.165, 1.54) is 18.2 Å². The number of benzene rings is 3. The fraction of sp³-hybridized carbons (Fsp3) is 0.231. The lowest BCUT2D eigenvalue weighted by molar-refractivity contribution is -0.385. The van der Waals surface area contributed by atoms with Gasteiger partial charge < -0.3 is 10.4 Å². The van der Waals surface area contributed by atoms with Crippen molar-refractivity contribution in [3.8, 4) is 5.75 Å². The summed E-state index contributed by atoms with van der Waals surface area (Å²) in [7, 11) is -3.81. The molecule has 3 aromatic rings. The van der Waals surface area contributed by atoms with Crippen molar-refractivity contribution in [2.45, 2.75) is 37.1 Å². The number of sulfonamides is 1. The Morgan fingerprint density at radius 2 is 1.83 bits per heavy atom. The van der Waals surface area contributed by atoms with Crippen LogP contribution >= 0.6 is 0 Å². The highest BCUT2D eigenvalue weighted by atomic mass is 32.2. The van der Waals surface area contributed by atoms with Crippen LogP contribution in [0.5, 0.6) is 5.75 Å². The van der Waals surface area contributed by atoms with E-state index in [0.717, 1.165) is 22.4 Å². The van der Waals surface area contributed by atoms with Gasteiger partial charge in [-0.3, -0.25) is 14.8 Å². The molecule has 1 aliphatic carbocycles. The number of hydrogen-bond acceptors (Lipinski definition) is 6. The van der Waals surface area contributed by atoms with E-state index in [1.54, 1.807) is 30.3 Å². The lowest BCUT2D eigenvalue weighted by Crippen LogP contribution is -2.29. The molecule has 3 unspecified atom stereocenters. The zero-order valence-corrected chi connectivity index (χ0v) is 20.0. The molecule has 0 bridgehead atoms. The Bertz CT molecular complexity index is 1480. The zero-order chi connectivity index (χ0) is 24.9. The molecular formula is C26H25N3O5S. The maximum atomic E-state index is 13.2. The SMILES string of the molecule is Cc1ccc(NS(=O)(=O)c2ccc3c(c2)C2C=CCC2C(c2cc([N+](=O)[O-])ccc2O)N3)cc1C. The van der Waals surface area contributed by atoms with E-state index in [4.69, 9.17) is 0 Å². The molecule has 3 aromatic carbocycles. The van der Waals surface area contributed by atoms with Crippen LogP contribution in [0.2, 0.25) is 0 Å². The molecule has 35 heavy (non-hydrogen) atoms. The molecule has 0 radical (unpaired) electrons. The van der Waals surface area contributed by atoms with Crippen LogP contribution in [0.15, 0.2) is 71.6 Å². The van der Waals surface area contributed by atoms with Crippen LogP contribution in [-0.2, 0) is 10.0 Å². The molecule has 1 aliphatic heterocycles. The fourth-order valence-electron chi connectivity index (χ4n) is 4.97. The van der Waals surface area contributed by atoms with Gasteiger partial charge in [-0.1, -0.05) is 18.2 Å². The molecule has 3 atom stereocenters. The molecule has 0 aromatic heterocycles. The number of phenolic OH excluding ortho intramolecular Hbond substituents is 1. The van der Waals surface area contributed by atoms with Gasteiger partial charge in [0.05, 0.1) is 15.9 Å². The van der Waals surface area contributed by atoms with Gasteiger partial charge in [-0.05, 0) is 79.3 Å². The molecular weight excluding hydrogens is 466 g/mol. The second-order valence-corrected chi connectivity index (χ2v) is 10.8. The third-order valence-electron chi connectivity index (χ3n) is 6.96. The Morgan fingerprint density at radius 3 is 2.57 bits per heavy atom. The molecule has 5 rings (SSSR count). The van der Waals surface area contributed by atoms with Crippen molar-refractivity contribution in [2.24, 2.45) is 5.92 Å². The van der Waals surface area contributed by atoms with Crippen molar-refractivity contribution in [3.63, 3.8) is 0 Å². The second-order valence-electron chi connectivity index (χ2n) is 9.13. The molecule has 180 valence electrons. The normalized spacial score (nSPS) is 20.6. The third kappa shape index (κ3) is 4.12. The quantitative estimate of drug-likeness (QED) is 0.245. The summed E-state index contributed by atoms with van der Waals surface area (Å²) in [6.45, 7) is 3.90. The number of aryl methyl sites for hydroxylation is 2. The van der Waals surface area contributed by atoms with E-state index in [1.807, 2.05) is 32.1 Å². The molecule has 0 spiro atoms. The first-order chi connectivity index (χ1) is 16.6. The maximum absolute atomic E-state index is 13.2. The Hall–Kier alpha value is -3.85. The average molecular weight is 492 g/mol. The summed E-state index contributed by atoms with van der Waals surface area (Å²) in [4.78, 5) is 11.0. The van der Waals surface area contributed by atoms with E-state index >= 15 is 0 Å². The van der Waals surface area contributed by atoms with Gasteiger partial charge in [0.2, 0.25) is 0 Å². The Labute approximate surface area is 203 Å². The number of nitro benzene ring substituents is 1. The highest BCUT2D eigenvalue weighted by Gasteiger charge is 2.40. The average Bonchev–Trinajstić information content (AvgIpc) is 3.31. The standard InChI is InChI=1S/C26H25N3O5S/c1-15-6-7-17(12-16(15)2)28-35(33,34)19-9-10-24-22(14-19)20-4-3-5-21(20)26(27-24)23-13-18(29(31)32)8-11-25(23)30/h3-4,6-14,20-21,26-28,30H,5H2,1-2H3. The van der Waals surface area contributed by atoms with Crippen molar-refractivity contribution < 1.29 is 18.4 Å². The molecule has 1 heterocycles. The van der Waals surface area contributed by atoms with E-state index in [2.05, 4.69) is 10.0 Å². The predicted octanol–water partition coefficient (Wildman–Crippen LogP) is 5.54. The number of hydrogen-bond donors (Lipinski definition) is 3. The summed E-state index contributed by atoms with van der Waals surface area (Å²) in [6, 6.07) is 14.0. The van der Waals surface area contributed by atoms with Crippen LogP contribution in [-0.4, -0.2) is 18.4 Å². The first-order valence-electron chi connectivity index (χ1n) is 11.3. The smallest absolute Gasteiger partial charge is 0.270 e. The fourth-order valence-corrected chi connectivity index (χ4v) is 6.06. The molecule has 3 N–H and O–H groups in total. The zero-order valence-electron chi connectivity index (χ0n) is 19.2. The van der Waals surface area contributed by atoms with Gasteiger partial charge in [-0.2, -0.15) is 0 Å². The molecule has 8 nitrogen and oxygen atoms in total. The van der Waals surface area contributed by atoms with Crippen molar-refractivity contribution in [1.82, 2.24) is 0 Å². The first-order valence-corrected chi connectivity index (χ1v) is 12.8. The van der Waals surface area contributed by atoms with Crippen LogP contribution in [0.4, 0.5) is 17.1 Å². The van der Waals surface area contributed by atoms with Gasteiger partial charge in [-0.25, -0.2) is 8.42 Å². The summed E-state index contributed by atoms with van der Waals surface area (Å²) in [5, 5.41) is 25.2.